The summed E-state index contributed by atoms with van der Waals surface area (Å²) in [5, 5.41) is 3.75. The molecule has 0 spiro atoms. The molecule has 2 amide bonds. The van der Waals surface area contributed by atoms with Crippen molar-refractivity contribution in [3.63, 3.8) is 0 Å². The van der Waals surface area contributed by atoms with Gasteiger partial charge in [-0.05, 0) is 12.1 Å². The summed E-state index contributed by atoms with van der Waals surface area (Å²) in [5.41, 5.74) is 0.792. The van der Waals surface area contributed by atoms with Crippen molar-refractivity contribution in [3.8, 4) is 0 Å². The predicted octanol–water partition coefficient (Wildman–Crippen LogP) is 0.471. The number of amides is 2. The van der Waals surface area contributed by atoms with Crippen LogP contribution in [0.25, 0.3) is 0 Å². The average molecular weight is 231 g/mol. The molecule has 0 fully saturated rings. The van der Waals surface area contributed by atoms with Crippen molar-refractivity contribution in [2.75, 3.05) is 13.2 Å². The van der Waals surface area contributed by atoms with Crippen molar-refractivity contribution in [1.82, 2.24) is 10.3 Å². The highest BCUT2D eigenvalue weighted by atomic mass is 16.7. The number of imide groups is 1. The Labute approximate surface area is 100.0 Å². The molecular weight excluding hydrogens is 219 g/mol. The highest BCUT2D eigenvalue weighted by Gasteiger charge is 2.36. The van der Waals surface area contributed by atoms with Gasteiger partial charge in [0.15, 0.2) is 0 Å². The molecule has 2 rings (SSSR count). The van der Waals surface area contributed by atoms with E-state index in [1.807, 2.05) is 6.82 Å². The Morgan fingerprint density at radius 1 is 1.24 bits per heavy atom. The number of carbonyl (C=O) groups excluding carboxylic acids is 2. The first-order chi connectivity index (χ1) is 8.25. The van der Waals surface area contributed by atoms with Gasteiger partial charge in [0.25, 0.3) is 11.8 Å². The minimum Gasteiger partial charge on any atom is -0.359 e. The van der Waals surface area contributed by atoms with Gasteiger partial charge in [-0.15, -0.1) is 5.06 Å². The van der Waals surface area contributed by atoms with Crippen LogP contribution in [0.5, 0.6) is 0 Å². The second-order valence-corrected chi connectivity index (χ2v) is 3.53. The number of carbonyl (C=O) groups is 2. The molecule has 6 heteroatoms. The van der Waals surface area contributed by atoms with E-state index >= 15 is 0 Å². The highest BCUT2D eigenvalue weighted by Crippen LogP contribution is 2.22. The molecule has 0 bridgehead atoms. The minimum absolute atomic E-state index is 0.260. The Hall–Kier alpha value is -1.66. The van der Waals surface area contributed by atoms with E-state index in [9.17, 15) is 9.59 Å². The van der Waals surface area contributed by atoms with Crippen molar-refractivity contribution < 1.29 is 14.4 Å². The molecule has 17 heavy (non-hydrogen) atoms. The second-order valence-electron chi connectivity index (χ2n) is 3.53. The van der Waals surface area contributed by atoms with Crippen LogP contribution in [0.15, 0.2) is 24.3 Å². The van der Waals surface area contributed by atoms with Crippen LogP contribution in [0, 0.1) is 0 Å². The van der Waals surface area contributed by atoms with Crippen LogP contribution in [-0.2, 0) is 4.84 Å². The van der Waals surface area contributed by atoms with Crippen LogP contribution in [0.2, 0.25) is 6.82 Å². The van der Waals surface area contributed by atoms with Crippen LogP contribution in [0.1, 0.15) is 20.7 Å². The first-order valence-corrected chi connectivity index (χ1v) is 5.37. The van der Waals surface area contributed by atoms with Crippen LogP contribution in [-0.4, -0.2) is 37.4 Å². The summed E-state index contributed by atoms with van der Waals surface area (Å²) < 4.78 is 0. The Bertz CT molecular complexity index is 415. The molecule has 5 nitrogen and oxygen atoms in total. The minimum atomic E-state index is -0.397. The van der Waals surface area contributed by atoms with Gasteiger partial charge >= 0.3 is 0 Å². The zero-order valence-corrected chi connectivity index (χ0v) is 9.47. The van der Waals surface area contributed by atoms with E-state index in [-0.39, 0.29) is 6.61 Å². The number of hydrogen-bond acceptors (Lipinski definition) is 4. The van der Waals surface area contributed by atoms with E-state index in [0.717, 1.165) is 5.06 Å². The maximum absolute atomic E-state index is 11.8. The van der Waals surface area contributed by atoms with Crippen molar-refractivity contribution in [1.29, 1.82) is 0 Å². The number of hydrogen-bond donors (Lipinski definition) is 1. The molecule has 0 aliphatic carbocycles. The van der Waals surface area contributed by atoms with Crippen LogP contribution >= 0.6 is 0 Å². The molecular formula is C11H12BN2O3. The van der Waals surface area contributed by atoms with Crippen molar-refractivity contribution in [3.05, 3.63) is 35.4 Å². The van der Waals surface area contributed by atoms with Gasteiger partial charge < -0.3 is 5.23 Å². The molecule has 0 atom stereocenters. The van der Waals surface area contributed by atoms with E-state index in [0.29, 0.717) is 17.7 Å². The Kier molecular flexibility index (Phi) is 3.56. The Morgan fingerprint density at radius 3 is 2.35 bits per heavy atom. The number of fused-ring (bicyclic) bond motifs is 1. The topological polar surface area (TPSA) is 58.6 Å². The van der Waals surface area contributed by atoms with E-state index in [1.165, 1.54) is 0 Å². The molecule has 1 aliphatic heterocycles. The highest BCUT2D eigenvalue weighted by molar-refractivity contribution is 6.29. The first-order valence-electron chi connectivity index (χ1n) is 5.37. The molecule has 0 saturated carbocycles. The quantitative estimate of drug-likeness (QED) is 0.454. The van der Waals surface area contributed by atoms with Gasteiger partial charge in [-0.3, -0.25) is 14.4 Å². The van der Waals surface area contributed by atoms with Gasteiger partial charge in [-0.1, -0.05) is 19.0 Å². The summed E-state index contributed by atoms with van der Waals surface area (Å²) in [4.78, 5) is 28.8. The summed E-state index contributed by atoms with van der Waals surface area (Å²) >= 11 is 0. The average Bonchev–Trinajstić information content (AvgIpc) is 2.60. The van der Waals surface area contributed by atoms with Crippen LogP contribution in [0.4, 0.5) is 0 Å². The van der Waals surface area contributed by atoms with E-state index < -0.39 is 11.8 Å². The summed E-state index contributed by atoms with van der Waals surface area (Å²) in [5.74, 6) is -0.794. The fourth-order valence-electron chi connectivity index (χ4n) is 1.62. The third-order valence-electron chi connectivity index (χ3n) is 2.43. The molecule has 0 saturated heterocycles. The standard InChI is InChI=1S/C11H12BN2O3/c1-12-13-6-7-17-14-10(15)8-4-2-3-5-9(8)11(14)16/h2-5,13H,6-7H2,1H3. The zero-order valence-electron chi connectivity index (χ0n) is 9.47. The van der Waals surface area contributed by atoms with Crippen molar-refractivity contribution in [2.24, 2.45) is 0 Å². The van der Waals surface area contributed by atoms with Gasteiger partial charge in [-0.25, -0.2) is 0 Å². The fourth-order valence-corrected chi connectivity index (χ4v) is 1.62. The molecule has 1 N–H and O–H groups in total. The lowest BCUT2D eigenvalue weighted by molar-refractivity contribution is -0.0888. The van der Waals surface area contributed by atoms with Crippen LogP contribution in [0.3, 0.4) is 0 Å². The van der Waals surface area contributed by atoms with Crippen molar-refractivity contribution in [2.45, 2.75) is 6.82 Å². The maximum atomic E-state index is 11.8. The van der Waals surface area contributed by atoms with Crippen LogP contribution < -0.4 is 5.23 Å². The lowest BCUT2D eigenvalue weighted by Crippen LogP contribution is -2.33. The largest absolute Gasteiger partial charge is 0.359 e. The van der Waals surface area contributed by atoms with Crippen molar-refractivity contribution >= 4 is 19.2 Å². The number of nitrogens with one attached hydrogen (secondary N) is 1. The summed E-state index contributed by atoms with van der Waals surface area (Å²) in [6.45, 7) is 2.65. The summed E-state index contributed by atoms with van der Waals surface area (Å²) in [6, 6.07) is 6.69. The van der Waals surface area contributed by atoms with Gasteiger partial charge in [0, 0.05) is 6.54 Å². The summed E-state index contributed by atoms with van der Waals surface area (Å²) in [6.07, 6.45) is 0. The third kappa shape index (κ3) is 2.23. The summed E-state index contributed by atoms with van der Waals surface area (Å²) in [7, 11) is 1.77. The van der Waals surface area contributed by atoms with Gasteiger partial charge in [0.2, 0.25) is 7.41 Å². The fraction of sp³-hybridized carbons (Fsp3) is 0.273. The van der Waals surface area contributed by atoms with Gasteiger partial charge in [0.1, 0.15) is 0 Å². The molecule has 0 aromatic heterocycles. The predicted molar refractivity (Wildman–Crippen MR) is 62.5 cm³/mol. The molecule has 1 heterocycles. The van der Waals surface area contributed by atoms with Gasteiger partial charge in [-0.2, -0.15) is 0 Å². The number of benzene rings is 1. The monoisotopic (exact) mass is 231 g/mol. The lowest BCUT2D eigenvalue weighted by Gasteiger charge is -2.13. The Morgan fingerprint density at radius 2 is 1.82 bits per heavy atom. The Balaban J connectivity index is 2.03. The second kappa shape index (κ2) is 5.12. The first kappa shape index (κ1) is 11.8. The molecule has 87 valence electrons. The van der Waals surface area contributed by atoms with Gasteiger partial charge in [0.05, 0.1) is 17.7 Å². The van der Waals surface area contributed by atoms with E-state index in [2.05, 4.69) is 5.23 Å². The van der Waals surface area contributed by atoms with E-state index in [1.54, 1.807) is 31.7 Å². The van der Waals surface area contributed by atoms with E-state index in [4.69, 9.17) is 4.84 Å². The molecule has 1 aromatic carbocycles. The normalized spacial score (nSPS) is 14.1. The number of nitrogens with zero attached hydrogens (tertiary/aromatic N) is 1. The third-order valence-corrected chi connectivity index (χ3v) is 2.43. The maximum Gasteiger partial charge on any atom is 0.285 e. The molecule has 0 unspecified atom stereocenters. The molecule has 1 aliphatic rings. The number of hydroxylamine groups is 2. The lowest BCUT2D eigenvalue weighted by atomic mass is 10.0. The smallest absolute Gasteiger partial charge is 0.285 e. The number of rotatable bonds is 5. The molecule has 1 aromatic rings. The zero-order chi connectivity index (χ0) is 12.3. The SMILES string of the molecule is C[B]NCCON1C(=O)c2ccccc2C1=O. The molecule has 1 radical (unpaired) electrons.